The van der Waals surface area contributed by atoms with Gasteiger partial charge in [-0.3, -0.25) is 0 Å². The number of thiazole rings is 1. The van der Waals surface area contributed by atoms with Crippen LogP contribution in [-0.2, 0) is 27.8 Å². The third-order valence-corrected chi connectivity index (χ3v) is 9.28. The molecule has 4 rings (SSSR count). The SMILES string of the molecule is CC(=N[C@@H](Cc1ccccc1)[C@H](O)CN(CC(C)C)S(=O)(=O)c1cccc2nc(N)sc12)OCc1ccccc1. The molecule has 4 aromatic rings. The van der Waals surface area contributed by atoms with Gasteiger partial charge in [0.15, 0.2) is 11.0 Å². The molecule has 0 saturated heterocycles. The van der Waals surface area contributed by atoms with E-state index in [0.29, 0.717) is 34.3 Å². The summed E-state index contributed by atoms with van der Waals surface area (Å²) in [4.78, 5) is 9.11. The van der Waals surface area contributed by atoms with Crippen LogP contribution in [0.25, 0.3) is 10.2 Å². The van der Waals surface area contributed by atoms with Crippen LogP contribution in [0.4, 0.5) is 5.13 Å². The zero-order chi connectivity index (χ0) is 28.7. The molecule has 212 valence electrons. The van der Waals surface area contributed by atoms with E-state index in [9.17, 15) is 13.5 Å². The van der Waals surface area contributed by atoms with E-state index in [1.165, 1.54) is 4.31 Å². The molecular weight excluding hydrogens is 544 g/mol. The number of nitrogen functional groups attached to an aromatic ring is 1. The van der Waals surface area contributed by atoms with Crippen molar-refractivity contribution in [3.63, 3.8) is 0 Å². The van der Waals surface area contributed by atoms with Crippen LogP contribution in [0.15, 0.2) is 88.8 Å². The first kappa shape index (κ1) is 29.7. The van der Waals surface area contributed by atoms with Gasteiger partial charge in [-0.05, 0) is 35.6 Å². The van der Waals surface area contributed by atoms with E-state index in [2.05, 4.69) is 4.98 Å². The summed E-state index contributed by atoms with van der Waals surface area (Å²) in [5.74, 6) is 0.451. The zero-order valence-corrected chi connectivity index (χ0v) is 24.6. The zero-order valence-electron chi connectivity index (χ0n) is 23.0. The van der Waals surface area contributed by atoms with Gasteiger partial charge in [0.1, 0.15) is 11.5 Å². The summed E-state index contributed by atoms with van der Waals surface area (Å²) in [5, 5.41) is 11.8. The highest BCUT2D eigenvalue weighted by Gasteiger charge is 2.32. The summed E-state index contributed by atoms with van der Waals surface area (Å²) in [6.07, 6.45) is -0.667. The van der Waals surface area contributed by atoms with E-state index >= 15 is 0 Å². The highest BCUT2D eigenvalue weighted by Crippen LogP contribution is 2.32. The van der Waals surface area contributed by atoms with Crippen LogP contribution in [0.2, 0.25) is 0 Å². The van der Waals surface area contributed by atoms with E-state index in [4.69, 9.17) is 15.5 Å². The molecule has 10 heteroatoms. The monoisotopic (exact) mass is 580 g/mol. The van der Waals surface area contributed by atoms with Crippen molar-refractivity contribution in [1.29, 1.82) is 0 Å². The fourth-order valence-electron chi connectivity index (χ4n) is 4.45. The highest BCUT2D eigenvalue weighted by molar-refractivity contribution is 7.89. The molecule has 0 fully saturated rings. The van der Waals surface area contributed by atoms with Gasteiger partial charge in [0.25, 0.3) is 0 Å². The van der Waals surface area contributed by atoms with E-state index in [1.54, 1.807) is 25.1 Å². The molecule has 0 unspecified atom stereocenters. The second kappa shape index (κ2) is 13.4. The molecule has 40 heavy (non-hydrogen) atoms. The van der Waals surface area contributed by atoms with Gasteiger partial charge in [0.2, 0.25) is 10.0 Å². The average molecular weight is 581 g/mol. The molecular formula is C30H36N4O4S2. The van der Waals surface area contributed by atoms with Crippen molar-refractivity contribution >= 4 is 42.6 Å². The fraction of sp³-hybridized carbons (Fsp3) is 0.333. The lowest BCUT2D eigenvalue weighted by atomic mass is 10.0. The first-order valence-electron chi connectivity index (χ1n) is 13.2. The lowest BCUT2D eigenvalue weighted by Gasteiger charge is -2.29. The van der Waals surface area contributed by atoms with Crippen molar-refractivity contribution in [2.75, 3.05) is 18.8 Å². The predicted molar refractivity (Wildman–Crippen MR) is 162 cm³/mol. The van der Waals surface area contributed by atoms with Crippen molar-refractivity contribution in [2.24, 2.45) is 10.9 Å². The third-order valence-electron chi connectivity index (χ3n) is 6.34. The molecule has 1 aromatic heterocycles. The van der Waals surface area contributed by atoms with Crippen molar-refractivity contribution in [3.8, 4) is 0 Å². The third kappa shape index (κ3) is 7.66. The molecule has 1 heterocycles. The van der Waals surface area contributed by atoms with Crippen LogP contribution in [0.3, 0.4) is 0 Å². The summed E-state index contributed by atoms with van der Waals surface area (Å²) in [6.45, 7) is 6.10. The smallest absolute Gasteiger partial charge is 0.244 e. The Morgan fingerprint density at radius 3 is 2.30 bits per heavy atom. The number of nitrogens with zero attached hydrogens (tertiary/aromatic N) is 3. The summed E-state index contributed by atoms with van der Waals surface area (Å²) in [6, 6.07) is 23.8. The summed E-state index contributed by atoms with van der Waals surface area (Å²) in [7, 11) is -3.98. The quantitative estimate of drug-likeness (QED) is 0.177. The number of aliphatic hydroxyl groups excluding tert-OH is 1. The number of hydrogen-bond donors (Lipinski definition) is 2. The van der Waals surface area contributed by atoms with E-state index < -0.39 is 22.2 Å². The van der Waals surface area contributed by atoms with Gasteiger partial charge in [-0.1, -0.05) is 91.9 Å². The standard InChI is InChI=1S/C30H36N4O4S2/c1-21(2)18-34(40(36,37)28-16-10-15-25-29(28)39-30(31)33-25)19-27(35)26(17-23-11-6-4-7-12-23)32-22(3)38-20-24-13-8-5-9-14-24/h4-16,21,26-27,35H,17-20H2,1-3H3,(H2,31,33)/t26-,27+/m0/s1. The molecule has 8 nitrogen and oxygen atoms in total. The molecule has 3 aromatic carbocycles. The topological polar surface area (TPSA) is 118 Å². The Morgan fingerprint density at radius 2 is 1.65 bits per heavy atom. The maximum atomic E-state index is 14.0. The Kier molecular flexibility index (Phi) is 9.91. The maximum Gasteiger partial charge on any atom is 0.244 e. The lowest BCUT2D eigenvalue weighted by Crippen LogP contribution is -2.44. The van der Waals surface area contributed by atoms with Crippen molar-refractivity contribution < 1.29 is 18.3 Å². The molecule has 0 aliphatic carbocycles. The second-order valence-corrected chi connectivity index (χ2v) is 13.1. The minimum Gasteiger partial charge on any atom is -0.476 e. The Balaban J connectivity index is 1.61. The summed E-state index contributed by atoms with van der Waals surface area (Å²) >= 11 is 1.14. The minimum atomic E-state index is -3.98. The number of anilines is 1. The number of fused-ring (bicyclic) bond motifs is 1. The summed E-state index contributed by atoms with van der Waals surface area (Å²) in [5.41, 5.74) is 8.41. The van der Waals surface area contributed by atoms with Gasteiger partial charge in [-0.25, -0.2) is 18.4 Å². The molecule has 0 radical (unpaired) electrons. The van der Waals surface area contributed by atoms with Gasteiger partial charge in [0, 0.05) is 20.0 Å². The second-order valence-electron chi connectivity index (χ2n) is 10.1. The molecule has 0 bridgehead atoms. The van der Waals surface area contributed by atoms with E-state index in [0.717, 1.165) is 22.5 Å². The highest BCUT2D eigenvalue weighted by atomic mass is 32.2. The molecule has 2 atom stereocenters. The number of nitrogens with two attached hydrogens (primary N) is 1. The predicted octanol–water partition coefficient (Wildman–Crippen LogP) is 5.13. The Bertz CT molecular complexity index is 1520. The van der Waals surface area contributed by atoms with Crippen LogP contribution < -0.4 is 5.73 Å². The van der Waals surface area contributed by atoms with E-state index in [1.807, 2.05) is 74.5 Å². The molecule has 3 N–H and O–H groups in total. The lowest BCUT2D eigenvalue weighted by molar-refractivity contribution is 0.115. The van der Waals surface area contributed by atoms with Crippen molar-refractivity contribution in [3.05, 3.63) is 90.0 Å². The minimum absolute atomic E-state index is 0.0275. The molecule has 0 saturated carbocycles. The van der Waals surface area contributed by atoms with Crippen LogP contribution in [0, 0.1) is 5.92 Å². The van der Waals surface area contributed by atoms with Gasteiger partial charge in [-0.15, -0.1) is 0 Å². The van der Waals surface area contributed by atoms with Crippen molar-refractivity contribution in [1.82, 2.24) is 9.29 Å². The van der Waals surface area contributed by atoms with E-state index in [-0.39, 0.29) is 23.9 Å². The summed E-state index contributed by atoms with van der Waals surface area (Å²) < 4.78 is 35.7. The van der Waals surface area contributed by atoms with Crippen LogP contribution >= 0.6 is 11.3 Å². The number of sulfonamides is 1. The van der Waals surface area contributed by atoms with Crippen LogP contribution in [0.1, 0.15) is 31.9 Å². The van der Waals surface area contributed by atoms with Gasteiger partial charge < -0.3 is 15.6 Å². The van der Waals surface area contributed by atoms with Crippen LogP contribution in [0.5, 0.6) is 0 Å². The Labute approximate surface area is 240 Å². The largest absolute Gasteiger partial charge is 0.476 e. The molecule has 0 aliphatic heterocycles. The average Bonchev–Trinajstić information content (AvgIpc) is 3.32. The number of hydrogen-bond acceptors (Lipinski definition) is 8. The number of rotatable bonds is 12. The first-order valence-corrected chi connectivity index (χ1v) is 15.5. The molecule has 0 amide bonds. The first-order chi connectivity index (χ1) is 19.1. The van der Waals surface area contributed by atoms with Gasteiger partial charge in [-0.2, -0.15) is 4.31 Å². The maximum absolute atomic E-state index is 14.0. The van der Waals surface area contributed by atoms with Gasteiger partial charge in [0.05, 0.1) is 22.4 Å². The Morgan fingerprint density at radius 1 is 1.00 bits per heavy atom. The Hall–Kier alpha value is -3.31. The number of benzene rings is 3. The van der Waals surface area contributed by atoms with Gasteiger partial charge >= 0.3 is 0 Å². The molecule has 0 spiro atoms. The molecule has 0 aliphatic rings. The number of aromatic nitrogens is 1. The van der Waals surface area contributed by atoms with Crippen molar-refractivity contribution in [2.45, 2.75) is 50.8 Å². The number of aliphatic hydroxyl groups is 1. The van der Waals surface area contributed by atoms with Crippen LogP contribution in [-0.4, -0.2) is 53.9 Å². The number of aliphatic imine (C=N–C) groups is 1. The number of ether oxygens (including phenoxy) is 1. The fourth-order valence-corrected chi connectivity index (χ4v) is 7.34. The normalized spacial score (nSPS) is 14.1.